The van der Waals surface area contributed by atoms with Gasteiger partial charge < -0.3 is 20.4 Å². The molecule has 2 aliphatic heterocycles. The van der Waals surface area contributed by atoms with E-state index in [2.05, 4.69) is 37.5 Å². The first-order valence-corrected chi connectivity index (χ1v) is 9.54. The Bertz CT molecular complexity index is 591. The maximum absolute atomic E-state index is 6.27. The van der Waals surface area contributed by atoms with Crippen molar-refractivity contribution in [1.29, 1.82) is 0 Å². The normalized spacial score (nSPS) is 22.2. The molecule has 0 saturated carbocycles. The summed E-state index contributed by atoms with van der Waals surface area (Å²) < 4.78 is 0. The molecular weight excluding hydrogens is 463 g/mol. The Morgan fingerprint density at radius 1 is 1.31 bits per heavy atom. The van der Waals surface area contributed by atoms with Crippen molar-refractivity contribution in [2.75, 3.05) is 51.7 Å². The van der Waals surface area contributed by atoms with E-state index >= 15 is 0 Å². The van der Waals surface area contributed by atoms with Gasteiger partial charge in [-0.15, -0.1) is 24.0 Å². The van der Waals surface area contributed by atoms with Gasteiger partial charge in [-0.3, -0.25) is 4.99 Å². The number of anilines is 1. The first-order chi connectivity index (χ1) is 12.2. The second kappa shape index (κ2) is 10.5. The van der Waals surface area contributed by atoms with Crippen LogP contribution in [0.5, 0.6) is 0 Å². The van der Waals surface area contributed by atoms with Gasteiger partial charge in [-0.1, -0.05) is 11.6 Å². The number of nitrogens with one attached hydrogen (secondary N) is 2. The van der Waals surface area contributed by atoms with Gasteiger partial charge in [0.05, 0.1) is 5.02 Å². The molecule has 1 aromatic rings. The topological polar surface area (TPSA) is 55.8 Å². The minimum absolute atomic E-state index is 0. The van der Waals surface area contributed by atoms with Gasteiger partial charge in [0.15, 0.2) is 5.96 Å². The van der Waals surface area contributed by atoms with Crippen molar-refractivity contribution < 1.29 is 0 Å². The predicted octanol–water partition coefficient (Wildman–Crippen LogP) is 2.44. The summed E-state index contributed by atoms with van der Waals surface area (Å²) in [6.45, 7) is 5.24. The third-order valence-electron chi connectivity index (χ3n) is 5.19. The highest BCUT2D eigenvalue weighted by Crippen LogP contribution is 2.25. The highest BCUT2D eigenvalue weighted by Gasteiger charge is 2.25. The van der Waals surface area contributed by atoms with Crippen LogP contribution < -0.4 is 15.5 Å². The lowest BCUT2D eigenvalue weighted by Crippen LogP contribution is -2.46. The average Bonchev–Trinajstić information content (AvgIpc) is 3.08. The molecule has 6 nitrogen and oxygen atoms in total. The smallest absolute Gasteiger partial charge is 0.191 e. The molecule has 146 valence electrons. The average molecular weight is 493 g/mol. The van der Waals surface area contributed by atoms with Crippen molar-refractivity contribution in [1.82, 2.24) is 20.5 Å². The molecule has 0 spiro atoms. The van der Waals surface area contributed by atoms with Gasteiger partial charge in [-0.05, 0) is 57.5 Å². The lowest BCUT2D eigenvalue weighted by atomic mass is 9.97. The maximum atomic E-state index is 6.27. The van der Waals surface area contributed by atoms with Crippen LogP contribution in [0, 0.1) is 5.92 Å². The molecule has 0 aromatic carbocycles. The number of likely N-dealkylation sites (tertiary alicyclic amines) is 1. The third-order valence-corrected chi connectivity index (χ3v) is 5.48. The van der Waals surface area contributed by atoms with E-state index in [0.717, 1.165) is 43.8 Å². The lowest BCUT2D eigenvalue weighted by molar-refractivity contribution is 0.220. The van der Waals surface area contributed by atoms with Crippen molar-refractivity contribution in [3.05, 3.63) is 23.4 Å². The van der Waals surface area contributed by atoms with Gasteiger partial charge in [0.1, 0.15) is 5.82 Å². The van der Waals surface area contributed by atoms with E-state index in [-0.39, 0.29) is 24.0 Å². The molecular formula is C18H30ClIN6. The SMILES string of the molecule is CN=C(NCC1CCN(C)CC1)NC1CCN(c2ncccc2Cl)C1.I. The largest absolute Gasteiger partial charge is 0.356 e. The molecule has 26 heavy (non-hydrogen) atoms. The molecule has 2 saturated heterocycles. The van der Waals surface area contributed by atoms with Crippen LogP contribution in [0.1, 0.15) is 19.3 Å². The Hall–Kier alpha value is -0.800. The Kier molecular flexibility index (Phi) is 8.69. The van der Waals surface area contributed by atoms with E-state index in [1.54, 1.807) is 6.20 Å². The van der Waals surface area contributed by atoms with Crippen molar-refractivity contribution in [2.45, 2.75) is 25.3 Å². The summed E-state index contributed by atoms with van der Waals surface area (Å²) in [5.41, 5.74) is 0. The quantitative estimate of drug-likeness (QED) is 0.384. The third kappa shape index (κ3) is 5.85. The van der Waals surface area contributed by atoms with Gasteiger partial charge in [0.2, 0.25) is 0 Å². The number of halogens is 2. The molecule has 2 N–H and O–H groups in total. The molecule has 1 unspecified atom stereocenters. The van der Waals surface area contributed by atoms with Crippen LogP contribution in [0.3, 0.4) is 0 Å². The zero-order valence-electron chi connectivity index (χ0n) is 15.6. The molecule has 3 rings (SSSR count). The number of hydrogen-bond acceptors (Lipinski definition) is 4. The summed E-state index contributed by atoms with van der Waals surface area (Å²) in [5, 5.41) is 7.77. The van der Waals surface area contributed by atoms with Crippen LogP contribution in [-0.4, -0.2) is 68.7 Å². The Morgan fingerprint density at radius 3 is 2.77 bits per heavy atom. The first-order valence-electron chi connectivity index (χ1n) is 9.17. The van der Waals surface area contributed by atoms with E-state index in [9.17, 15) is 0 Å². The molecule has 2 aliphatic rings. The van der Waals surface area contributed by atoms with Gasteiger partial charge in [-0.2, -0.15) is 0 Å². The number of rotatable bonds is 4. The van der Waals surface area contributed by atoms with E-state index in [1.807, 2.05) is 19.2 Å². The van der Waals surface area contributed by atoms with Crippen molar-refractivity contribution >= 4 is 47.4 Å². The Morgan fingerprint density at radius 2 is 2.08 bits per heavy atom. The molecule has 8 heteroatoms. The van der Waals surface area contributed by atoms with Crippen LogP contribution in [0.2, 0.25) is 5.02 Å². The lowest BCUT2D eigenvalue weighted by Gasteiger charge is -2.29. The zero-order valence-corrected chi connectivity index (χ0v) is 18.7. The monoisotopic (exact) mass is 492 g/mol. The number of aliphatic imine (C=N–C) groups is 1. The van der Waals surface area contributed by atoms with Crippen LogP contribution in [0.15, 0.2) is 23.3 Å². The van der Waals surface area contributed by atoms with Crippen molar-refractivity contribution in [3.8, 4) is 0 Å². The highest BCUT2D eigenvalue weighted by molar-refractivity contribution is 14.0. The first kappa shape index (κ1) is 21.5. The Balaban J connectivity index is 0.00000243. The summed E-state index contributed by atoms with van der Waals surface area (Å²) in [7, 11) is 4.04. The Labute approximate surface area is 178 Å². The summed E-state index contributed by atoms with van der Waals surface area (Å²) in [5.74, 6) is 2.52. The number of nitrogens with zero attached hydrogens (tertiary/aromatic N) is 4. The minimum Gasteiger partial charge on any atom is -0.356 e. The molecule has 0 aliphatic carbocycles. The molecule has 1 aromatic heterocycles. The summed E-state index contributed by atoms with van der Waals surface area (Å²) in [6, 6.07) is 4.13. The summed E-state index contributed by atoms with van der Waals surface area (Å²) >= 11 is 6.27. The minimum atomic E-state index is 0. The molecule has 2 fully saturated rings. The standard InChI is InChI=1S/C18H29ClN6.HI/c1-20-18(22-12-14-5-9-24(2)10-6-14)23-15-7-11-25(13-15)17-16(19)4-3-8-21-17;/h3-4,8,14-15H,5-7,9-13H2,1-2H3,(H2,20,22,23);1H. The van der Waals surface area contributed by atoms with Gasteiger partial charge in [0.25, 0.3) is 0 Å². The van der Waals surface area contributed by atoms with Crippen molar-refractivity contribution in [2.24, 2.45) is 10.9 Å². The van der Waals surface area contributed by atoms with Crippen LogP contribution >= 0.6 is 35.6 Å². The number of pyridine rings is 1. The number of guanidine groups is 1. The highest BCUT2D eigenvalue weighted by atomic mass is 127. The van der Waals surface area contributed by atoms with Gasteiger partial charge >= 0.3 is 0 Å². The number of hydrogen-bond donors (Lipinski definition) is 2. The maximum Gasteiger partial charge on any atom is 0.191 e. The molecule has 0 amide bonds. The van der Waals surface area contributed by atoms with Crippen molar-refractivity contribution in [3.63, 3.8) is 0 Å². The van der Waals surface area contributed by atoms with Crippen LogP contribution in [0.4, 0.5) is 5.82 Å². The fourth-order valence-corrected chi connectivity index (χ4v) is 3.82. The van der Waals surface area contributed by atoms with Gasteiger partial charge in [0, 0.05) is 38.9 Å². The van der Waals surface area contributed by atoms with E-state index in [0.29, 0.717) is 11.1 Å². The molecule has 0 radical (unpaired) electrons. The van der Waals surface area contributed by atoms with Gasteiger partial charge in [-0.25, -0.2) is 4.98 Å². The van der Waals surface area contributed by atoms with Crippen LogP contribution in [-0.2, 0) is 0 Å². The zero-order chi connectivity index (χ0) is 17.6. The van der Waals surface area contributed by atoms with E-state index in [4.69, 9.17) is 11.6 Å². The fourth-order valence-electron chi connectivity index (χ4n) is 3.58. The second-order valence-electron chi connectivity index (χ2n) is 7.08. The molecule has 3 heterocycles. The fraction of sp³-hybridized carbons (Fsp3) is 0.667. The van der Waals surface area contributed by atoms with E-state index < -0.39 is 0 Å². The van der Waals surface area contributed by atoms with E-state index in [1.165, 1.54) is 25.9 Å². The molecule has 1 atom stereocenters. The number of aromatic nitrogens is 1. The predicted molar refractivity (Wildman–Crippen MR) is 120 cm³/mol. The summed E-state index contributed by atoms with van der Waals surface area (Å²) in [4.78, 5) is 13.4. The van der Waals surface area contributed by atoms with Crippen LogP contribution in [0.25, 0.3) is 0 Å². The number of piperidine rings is 1. The molecule has 0 bridgehead atoms. The second-order valence-corrected chi connectivity index (χ2v) is 7.49. The summed E-state index contributed by atoms with van der Waals surface area (Å²) in [6.07, 6.45) is 5.37.